The number of rotatable bonds is 2. The van der Waals surface area contributed by atoms with Gasteiger partial charge in [-0.2, -0.15) is 0 Å². The third kappa shape index (κ3) is 2.37. The van der Waals surface area contributed by atoms with E-state index in [9.17, 15) is 9.18 Å². The van der Waals surface area contributed by atoms with E-state index in [2.05, 4.69) is 34.7 Å². The van der Waals surface area contributed by atoms with Crippen molar-refractivity contribution in [3.8, 4) is 0 Å². The molecule has 0 spiro atoms. The predicted molar refractivity (Wildman–Crippen MR) is 70.1 cm³/mol. The topological polar surface area (TPSA) is 56.4 Å². The lowest BCUT2D eigenvalue weighted by atomic mass is 9.80. The second-order valence-electron chi connectivity index (χ2n) is 6.19. The van der Waals surface area contributed by atoms with E-state index in [-0.39, 0.29) is 30.2 Å². The van der Waals surface area contributed by atoms with Crippen LogP contribution in [0.4, 0.5) is 4.39 Å². The van der Waals surface area contributed by atoms with Crippen LogP contribution in [0.15, 0.2) is 0 Å². The summed E-state index contributed by atoms with van der Waals surface area (Å²) in [6, 6.07) is 0.559. The third-order valence-corrected chi connectivity index (χ3v) is 4.43. The molecule has 2 heterocycles. The number of nitrogens with zero attached hydrogens (tertiary/aromatic N) is 1. The fourth-order valence-corrected chi connectivity index (χ4v) is 3.75. The van der Waals surface area contributed by atoms with E-state index in [1.807, 2.05) is 0 Å². The summed E-state index contributed by atoms with van der Waals surface area (Å²) in [5, 5.41) is 9.85. The highest BCUT2D eigenvalue weighted by molar-refractivity contribution is 5.80. The van der Waals surface area contributed by atoms with E-state index < -0.39 is 6.17 Å². The Labute approximate surface area is 113 Å². The van der Waals surface area contributed by atoms with Gasteiger partial charge in [0.2, 0.25) is 5.91 Å². The van der Waals surface area contributed by atoms with Crippen molar-refractivity contribution in [2.45, 2.75) is 57.3 Å². The van der Waals surface area contributed by atoms with E-state index >= 15 is 0 Å². The number of hydrogen-bond acceptors (Lipinski definition) is 4. The van der Waals surface area contributed by atoms with Crippen LogP contribution in [0.3, 0.4) is 0 Å². The van der Waals surface area contributed by atoms with Gasteiger partial charge in [0.25, 0.3) is 0 Å². The van der Waals surface area contributed by atoms with Gasteiger partial charge in [-0.3, -0.25) is 20.3 Å². The molecule has 6 heteroatoms. The van der Waals surface area contributed by atoms with Gasteiger partial charge in [0.05, 0.1) is 5.92 Å². The van der Waals surface area contributed by atoms with Crippen molar-refractivity contribution in [2.75, 3.05) is 13.1 Å². The van der Waals surface area contributed by atoms with Gasteiger partial charge >= 0.3 is 0 Å². The number of alkyl halides is 1. The van der Waals surface area contributed by atoms with Crippen LogP contribution >= 0.6 is 0 Å². The normalized spacial score (nSPS) is 42.9. The molecule has 19 heavy (non-hydrogen) atoms. The van der Waals surface area contributed by atoms with Gasteiger partial charge in [-0.15, -0.1) is 0 Å². The highest BCUT2D eigenvalue weighted by atomic mass is 19.1. The SMILES string of the molecule is CC(C)NC1NC2CC(F)CC3C(=O)NCCN1C23. The molecule has 1 amide bonds. The van der Waals surface area contributed by atoms with Crippen LogP contribution in [0.5, 0.6) is 0 Å². The van der Waals surface area contributed by atoms with E-state index in [1.54, 1.807) is 0 Å². The molecule has 3 aliphatic rings. The number of carbonyl (C=O) groups excluding carboxylic acids is 1. The van der Waals surface area contributed by atoms with Crippen molar-refractivity contribution >= 4 is 5.91 Å². The van der Waals surface area contributed by atoms with Gasteiger partial charge < -0.3 is 5.32 Å². The van der Waals surface area contributed by atoms with Crippen molar-refractivity contribution in [2.24, 2.45) is 5.92 Å². The molecule has 5 nitrogen and oxygen atoms in total. The fraction of sp³-hybridized carbons (Fsp3) is 0.923. The summed E-state index contributed by atoms with van der Waals surface area (Å²) < 4.78 is 13.8. The Hall–Kier alpha value is -0.720. The van der Waals surface area contributed by atoms with Gasteiger partial charge in [0, 0.05) is 31.2 Å². The molecule has 3 rings (SSSR count). The largest absolute Gasteiger partial charge is 0.355 e. The standard InChI is InChI=1S/C13H23FN4O/c1-7(2)16-13-17-10-6-8(14)5-9-11(10)18(13)4-3-15-12(9)19/h7-11,13,16-17H,3-6H2,1-2H3,(H,15,19). The lowest BCUT2D eigenvalue weighted by Crippen LogP contribution is -2.53. The Morgan fingerprint density at radius 1 is 1.42 bits per heavy atom. The minimum atomic E-state index is -0.873. The van der Waals surface area contributed by atoms with Crippen LogP contribution in [-0.2, 0) is 4.79 Å². The maximum atomic E-state index is 13.8. The van der Waals surface area contributed by atoms with E-state index in [0.29, 0.717) is 25.4 Å². The van der Waals surface area contributed by atoms with Crippen LogP contribution in [0.1, 0.15) is 26.7 Å². The number of hydrogen-bond donors (Lipinski definition) is 3. The van der Waals surface area contributed by atoms with Crippen LogP contribution in [-0.4, -0.2) is 54.5 Å². The first-order valence-electron chi connectivity index (χ1n) is 7.26. The summed E-state index contributed by atoms with van der Waals surface area (Å²) in [6.45, 7) is 5.66. The molecule has 0 aromatic heterocycles. The minimum Gasteiger partial charge on any atom is -0.355 e. The number of carbonyl (C=O) groups is 1. The number of nitrogens with one attached hydrogen (secondary N) is 3. The molecule has 0 aromatic rings. The Balaban J connectivity index is 1.85. The zero-order chi connectivity index (χ0) is 13.6. The molecule has 2 aliphatic heterocycles. The van der Waals surface area contributed by atoms with E-state index in [4.69, 9.17) is 0 Å². The molecule has 1 saturated carbocycles. The predicted octanol–water partition coefficient (Wildman–Crippen LogP) is -0.212. The first-order valence-corrected chi connectivity index (χ1v) is 7.26. The minimum absolute atomic E-state index is 0.0202. The maximum absolute atomic E-state index is 13.8. The van der Waals surface area contributed by atoms with Crippen molar-refractivity contribution in [1.29, 1.82) is 0 Å². The van der Waals surface area contributed by atoms with Gasteiger partial charge in [0.1, 0.15) is 12.5 Å². The molecular weight excluding hydrogens is 247 g/mol. The van der Waals surface area contributed by atoms with Crippen LogP contribution < -0.4 is 16.0 Å². The number of amides is 1. The monoisotopic (exact) mass is 270 g/mol. The molecule has 3 fully saturated rings. The second-order valence-corrected chi connectivity index (χ2v) is 6.19. The highest BCUT2D eigenvalue weighted by Crippen LogP contribution is 2.36. The molecule has 1 aliphatic carbocycles. The van der Waals surface area contributed by atoms with Gasteiger partial charge in [0.15, 0.2) is 0 Å². The number of halogens is 1. The van der Waals surface area contributed by atoms with Crippen molar-refractivity contribution in [3.63, 3.8) is 0 Å². The Morgan fingerprint density at radius 3 is 2.95 bits per heavy atom. The summed E-state index contributed by atoms with van der Waals surface area (Å²) in [5.41, 5.74) is 0. The average Bonchev–Trinajstić information content (AvgIpc) is 2.54. The Kier molecular flexibility index (Phi) is 3.49. The van der Waals surface area contributed by atoms with Gasteiger partial charge in [-0.05, 0) is 26.7 Å². The molecule has 0 bridgehead atoms. The zero-order valence-corrected chi connectivity index (χ0v) is 11.5. The summed E-state index contributed by atoms with van der Waals surface area (Å²) >= 11 is 0. The smallest absolute Gasteiger partial charge is 0.224 e. The molecule has 2 saturated heterocycles. The molecule has 108 valence electrons. The molecule has 0 radical (unpaired) electrons. The van der Waals surface area contributed by atoms with Crippen LogP contribution in [0.2, 0.25) is 0 Å². The van der Waals surface area contributed by atoms with Crippen LogP contribution in [0, 0.1) is 5.92 Å². The highest BCUT2D eigenvalue weighted by Gasteiger charge is 2.52. The lowest BCUT2D eigenvalue weighted by molar-refractivity contribution is -0.127. The quantitative estimate of drug-likeness (QED) is 0.650. The second kappa shape index (κ2) is 5.00. The fourth-order valence-electron chi connectivity index (χ4n) is 3.75. The Morgan fingerprint density at radius 2 is 2.21 bits per heavy atom. The summed E-state index contributed by atoms with van der Waals surface area (Å²) in [4.78, 5) is 14.4. The van der Waals surface area contributed by atoms with E-state index in [1.165, 1.54) is 0 Å². The molecule has 5 atom stereocenters. The molecule has 5 unspecified atom stereocenters. The Bertz CT molecular complexity index is 365. The van der Waals surface area contributed by atoms with Gasteiger partial charge in [-0.25, -0.2) is 4.39 Å². The van der Waals surface area contributed by atoms with Crippen LogP contribution in [0.25, 0.3) is 0 Å². The first-order chi connectivity index (χ1) is 9.06. The lowest BCUT2D eigenvalue weighted by Gasteiger charge is -2.36. The average molecular weight is 270 g/mol. The zero-order valence-electron chi connectivity index (χ0n) is 11.5. The van der Waals surface area contributed by atoms with Crippen molar-refractivity contribution < 1.29 is 9.18 Å². The first kappa shape index (κ1) is 13.3. The molecule has 0 aromatic carbocycles. The molecule has 3 N–H and O–H groups in total. The maximum Gasteiger partial charge on any atom is 0.224 e. The van der Waals surface area contributed by atoms with Gasteiger partial charge in [-0.1, -0.05) is 0 Å². The van der Waals surface area contributed by atoms with E-state index in [0.717, 1.165) is 6.54 Å². The van der Waals surface area contributed by atoms with Crippen molar-refractivity contribution in [1.82, 2.24) is 20.9 Å². The molecular formula is C13H23FN4O. The summed E-state index contributed by atoms with van der Waals surface area (Å²) in [5.74, 6) is -0.199. The third-order valence-electron chi connectivity index (χ3n) is 4.43. The summed E-state index contributed by atoms with van der Waals surface area (Å²) in [6.07, 6.45) is 0.0543. The summed E-state index contributed by atoms with van der Waals surface area (Å²) in [7, 11) is 0. The van der Waals surface area contributed by atoms with Crippen molar-refractivity contribution in [3.05, 3.63) is 0 Å².